The van der Waals surface area contributed by atoms with Crippen LogP contribution in [0.1, 0.15) is 26.7 Å². The van der Waals surface area contributed by atoms with Crippen LogP contribution in [-0.4, -0.2) is 31.5 Å². The van der Waals surface area contributed by atoms with Crippen LogP contribution in [0.15, 0.2) is 45.7 Å². The van der Waals surface area contributed by atoms with Crippen molar-refractivity contribution in [3.63, 3.8) is 0 Å². The maximum Gasteiger partial charge on any atom is 0.371 e. The minimum Gasteiger partial charge on any atom is -0.475 e. The minimum absolute atomic E-state index is 0.00774. The second-order valence-corrected chi connectivity index (χ2v) is 6.11. The predicted molar refractivity (Wildman–Crippen MR) is 68.7 cm³/mol. The molecule has 0 saturated carbocycles. The SMILES string of the molecule is CS(=O)(=O)c1cccc(C(=O)c2ccc(C(=O)O)o2)c1. The highest BCUT2D eigenvalue weighted by atomic mass is 32.2. The zero-order valence-corrected chi connectivity index (χ0v) is 11.2. The first-order valence-electron chi connectivity index (χ1n) is 5.47. The number of furan rings is 1. The van der Waals surface area contributed by atoms with Gasteiger partial charge in [0.2, 0.25) is 11.5 Å². The van der Waals surface area contributed by atoms with Crippen LogP contribution in [0.25, 0.3) is 0 Å². The maximum absolute atomic E-state index is 12.1. The summed E-state index contributed by atoms with van der Waals surface area (Å²) in [7, 11) is -3.43. The summed E-state index contributed by atoms with van der Waals surface area (Å²) >= 11 is 0. The molecule has 0 spiro atoms. The maximum atomic E-state index is 12.1. The molecule has 1 aromatic carbocycles. The first kappa shape index (κ1) is 14.0. The van der Waals surface area contributed by atoms with Crippen molar-refractivity contribution in [2.75, 3.05) is 6.26 Å². The molecule has 6 nitrogen and oxygen atoms in total. The molecular weight excluding hydrogens is 284 g/mol. The molecular formula is C13H10O6S. The van der Waals surface area contributed by atoms with Crippen molar-refractivity contribution >= 4 is 21.6 Å². The number of benzene rings is 1. The average Bonchev–Trinajstić information content (AvgIpc) is 2.87. The molecule has 1 heterocycles. The van der Waals surface area contributed by atoms with Crippen molar-refractivity contribution in [1.29, 1.82) is 0 Å². The molecule has 7 heteroatoms. The molecule has 1 N–H and O–H groups in total. The summed E-state index contributed by atoms with van der Waals surface area (Å²) in [4.78, 5) is 22.8. The van der Waals surface area contributed by atoms with Crippen molar-refractivity contribution in [2.45, 2.75) is 4.90 Å². The van der Waals surface area contributed by atoms with Crippen molar-refractivity contribution in [3.8, 4) is 0 Å². The highest BCUT2D eigenvalue weighted by Crippen LogP contribution is 2.17. The molecule has 0 radical (unpaired) electrons. The smallest absolute Gasteiger partial charge is 0.371 e. The van der Waals surface area contributed by atoms with E-state index in [-0.39, 0.29) is 22.0 Å². The summed E-state index contributed by atoms with van der Waals surface area (Å²) in [6.07, 6.45) is 1.03. The Balaban J connectivity index is 2.40. The number of carbonyl (C=O) groups is 2. The summed E-state index contributed by atoms with van der Waals surface area (Å²) in [5.41, 5.74) is 0.110. The topological polar surface area (TPSA) is 102 Å². The number of ketones is 1. The Morgan fingerprint density at radius 3 is 2.30 bits per heavy atom. The standard InChI is InChI=1S/C13H10O6S/c1-20(17,18)9-4-2-3-8(7-9)12(14)10-5-6-11(19-10)13(15)16/h2-7H,1H3,(H,15,16). The Morgan fingerprint density at radius 2 is 1.75 bits per heavy atom. The van der Waals surface area contributed by atoms with Gasteiger partial charge in [-0.05, 0) is 24.3 Å². The second-order valence-electron chi connectivity index (χ2n) is 4.10. The van der Waals surface area contributed by atoms with E-state index in [1.54, 1.807) is 0 Å². The van der Waals surface area contributed by atoms with E-state index >= 15 is 0 Å². The highest BCUT2D eigenvalue weighted by Gasteiger charge is 2.18. The first-order chi connectivity index (χ1) is 9.29. The normalized spacial score (nSPS) is 11.2. The van der Waals surface area contributed by atoms with E-state index in [9.17, 15) is 18.0 Å². The summed E-state index contributed by atoms with van der Waals surface area (Å²) in [5, 5.41) is 8.72. The highest BCUT2D eigenvalue weighted by molar-refractivity contribution is 7.90. The van der Waals surface area contributed by atoms with E-state index in [0.717, 1.165) is 12.3 Å². The molecule has 0 bridgehead atoms. The van der Waals surface area contributed by atoms with Gasteiger partial charge in [0, 0.05) is 11.8 Å². The third kappa shape index (κ3) is 2.77. The van der Waals surface area contributed by atoms with Crippen LogP contribution in [0.4, 0.5) is 0 Å². The molecule has 1 aromatic heterocycles. The zero-order chi connectivity index (χ0) is 14.9. The van der Waals surface area contributed by atoms with E-state index in [2.05, 4.69) is 0 Å². The number of carboxylic acid groups (broad SMARTS) is 1. The van der Waals surface area contributed by atoms with Crippen LogP contribution >= 0.6 is 0 Å². The molecule has 0 aliphatic heterocycles. The van der Waals surface area contributed by atoms with Gasteiger partial charge >= 0.3 is 5.97 Å². The number of carboxylic acids is 1. The zero-order valence-electron chi connectivity index (χ0n) is 10.4. The largest absolute Gasteiger partial charge is 0.475 e. The summed E-state index contributed by atoms with van der Waals surface area (Å²) in [6.45, 7) is 0. The van der Waals surface area contributed by atoms with E-state index in [1.807, 2.05) is 0 Å². The number of hydrogen-bond acceptors (Lipinski definition) is 5. The third-order valence-corrected chi connectivity index (χ3v) is 3.68. The minimum atomic E-state index is -3.43. The number of aromatic carboxylic acids is 1. The molecule has 20 heavy (non-hydrogen) atoms. The van der Waals surface area contributed by atoms with Crippen molar-refractivity contribution < 1.29 is 27.5 Å². The summed E-state index contributed by atoms with van der Waals surface area (Å²) in [5.74, 6) is -2.38. The Labute approximate surface area is 114 Å². The summed E-state index contributed by atoms with van der Waals surface area (Å²) in [6, 6.07) is 7.86. The van der Waals surface area contributed by atoms with Gasteiger partial charge < -0.3 is 9.52 Å². The molecule has 2 aromatic rings. The van der Waals surface area contributed by atoms with Gasteiger partial charge in [-0.25, -0.2) is 13.2 Å². The average molecular weight is 294 g/mol. The molecule has 0 aliphatic rings. The van der Waals surface area contributed by atoms with Crippen LogP contribution < -0.4 is 0 Å². The predicted octanol–water partition coefficient (Wildman–Crippen LogP) is 1.61. The van der Waals surface area contributed by atoms with Crippen LogP contribution in [0.3, 0.4) is 0 Å². The number of sulfone groups is 1. The fourth-order valence-corrected chi connectivity index (χ4v) is 2.25. The van der Waals surface area contributed by atoms with Crippen molar-refractivity contribution in [1.82, 2.24) is 0 Å². The van der Waals surface area contributed by atoms with E-state index in [0.29, 0.717) is 0 Å². The molecule has 0 saturated heterocycles. The molecule has 0 aliphatic carbocycles. The molecule has 2 rings (SSSR count). The molecule has 0 amide bonds. The lowest BCUT2D eigenvalue weighted by atomic mass is 10.1. The lowest BCUT2D eigenvalue weighted by molar-refractivity contribution is 0.0660. The molecule has 0 atom stereocenters. The fraction of sp³-hybridized carbons (Fsp3) is 0.0769. The van der Waals surface area contributed by atoms with E-state index in [4.69, 9.17) is 9.52 Å². The van der Waals surface area contributed by atoms with E-state index < -0.39 is 21.6 Å². The van der Waals surface area contributed by atoms with Crippen molar-refractivity contribution in [2.24, 2.45) is 0 Å². The quantitative estimate of drug-likeness (QED) is 0.859. The second kappa shape index (κ2) is 4.93. The fourth-order valence-electron chi connectivity index (χ4n) is 1.59. The molecule has 104 valence electrons. The Bertz CT molecular complexity index is 785. The Kier molecular flexibility index (Phi) is 3.46. The lowest BCUT2D eigenvalue weighted by Gasteiger charge is -2.01. The van der Waals surface area contributed by atoms with Crippen LogP contribution in [0.5, 0.6) is 0 Å². The van der Waals surface area contributed by atoms with Crippen molar-refractivity contribution in [3.05, 3.63) is 53.5 Å². The number of hydrogen-bond donors (Lipinski definition) is 1. The Hall–Kier alpha value is -2.41. The summed E-state index contributed by atoms with van der Waals surface area (Å²) < 4.78 is 27.7. The van der Waals surface area contributed by atoms with Gasteiger partial charge in [0.15, 0.2) is 15.6 Å². The van der Waals surface area contributed by atoms with Gasteiger partial charge in [-0.15, -0.1) is 0 Å². The number of rotatable bonds is 4. The molecule has 0 fully saturated rings. The van der Waals surface area contributed by atoms with Gasteiger partial charge in [-0.2, -0.15) is 0 Å². The number of carbonyl (C=O) groups excluding carboxylic acids is 1. The van der Waals surface area contributed by atoms with Gasteiger partial charge in [0.05, 0.1) is 4.90 Å². The molecule has 0 unspecified atom stereocenters. The van der Waals surface area contributed by atoms with E-state index in [1.165, 1.54) is 30.3 Å². The van der Waals surface area contributed by atoms with Crippen LogP contribution in [0, 0.1) is 0 Å². The Morgan fingerprint density at radius 1 is 1.10 bits per heavy atom. The lowest BCUT2D eigenvalue weighted by Crippen LogP contribution is -2.03. The third-order valence-electron chi connectivity index (χ3n) is 2.56. The van der Waals surface area contributed by atoms with Gasteiger partial charge in [-0.3, -0.25) is 4.79 Å². The monoisotopic (exact) mass is 294 g/mol. The van der Waals surface area contributed by atoms with Gasteiger partial charge in [-0.1, -0.05) is 12.1 Å². The first-order valence-corrected chi connectivity index (χ1v) is 7.36. The van der Waals surface area contributed by atoms with Crippen LogP contribution in [-0.2, 0) is 9.84 Å². The van der Waals surface area contributed by atoms with Crippen LogP contribution in [0.2, 0.25) is 0 Å². The van der Waals surface area contributed by atoms with Gasteiger partial charge in [0.1, 0.15) is 0 Å². The van der Waals surface area contributed by atoms with Gasteiger partial charge in [0.25, 0.3) is 0 Å².